The van der Waals surface area contributed by atoms with E-state index < -0.39 is 18.6 Å². The van der Waals surface area contributed by atoms with E-state index in [4.69, 9.17) is 6.64 Å². The maximum atomic E-state index is 5.85. The summed E-state index contributed by atoms with van der Waals surface area (Å²) in [6, 6.07) is 0. The van der Waals surface area contributed by atoms with Gasteiger partial charge in [-0.3, -0.25) is 0 Å². The van der Waals surface area contributed by atoms with Gasteiger partial charge in [0.2, 0.25) is 0 Å². The summed E-state index contributed by atoms with van der Waals surface area (Å²) in [5.74, 6) is 0. The van der Waals surface area contributed by atoms with Crippen molar-refractivity contribution in [3.63, 3.8) is 0 Å². The second-order valence-electron chi connectivity index (χ2n) is 5.39. The molecule has 1 aliphatic rings. The van der Waals surface area contributed by atoms with Crippen LogP contribution in [0.25, 0.3) is 0 Å². The van der Waals surface area contributed by atoms with E-state index in [9.17, 15) is 0 Å². The summed E-state index contributed by atoms with van der Waals surface area (Å²) < 4.78 is 12.7. The Morgan fingerprint density at radius 2 is 1.44 bits per heavy atom. The van der Waals surface area contributed by atoms with Crippen molar-refractivity contribution in [2.45, 2.75) is 53.2 Å². The van der Waals surface area contributed by atoms with Gasteiger partial charge in [0.05, 0.1) is 0 Å². The van der Waals surface area contributed by atoms with E-state index in [2.05, 4.69) is 48.5 Å². The van der Waals surface area contributed by atoms with Crippen LogP contribution in [0.1, 0.15) is 48.5 Å². The van der Waals surface area contributed by atoms with Gasteiger partial charge < -0.3 is 0 Å². The number of hydrogen-bond acceptors (Lipinski definition) is 2. The zero-order chi connectivity index (χ0) is 13.9. The van der Waals surface area contributed by atoms with Crippen LogP contribution in [0.15, 0.2) is 22.3 Å². The van der Waals surface area contributed by atoms with Crippen LogP contribution < -0.4 is 0 Å². The monoisotopic (exact) mass is 287 g/mol. The van der Waals surface area contributed by atoms with Gasteiger partial charge in [0.1, 0.15) is 0 Å². The Hall–Kier alpha value is 0.114. The van der Waals surface area contributed by atoms with Gasteiger partial charge in [-0.25, -0.2) is 0 Å². The van der Waals surface area contributed by atoms with E-state index >= 15 is 0 Å². The first-order valence-corrected chi connectivity index (χ1v) is 9.24. The van der Waals surface area contributed by atoms with Crippen LogP contribution in [0.4, 0.5) is 0 Å². The predicted octanol–water partition coefficient (Wildman–Crippen LogP) is 4.62. The van der Waals surface area contributed by atoms with Crippen LogP contribution in [-0.2, 0) is 25.3 Å². The zero-order valence-corrected chi connectivity index (χ0v) is 14.5. The van der Waals surface area contributed by atoms with Crippen LogP contribution >= 0.6 is 0 Å². The topological polar surface area (TPSA) is 18.5 Å². The molecule has 0 saturated heterocycles. The SMILES string of the molecule is CC[O][Ti]([CH2]C1=C(C)C(C)=C(C)C1(C)C)[O]CC. The van der Waals surface area contributed by atoms with Crippen LogP contribution in [0.3, 0.4) is 0 Å². The van der Waals surface area contributed by atoms with Crippen molar-refractivity contribution in [1.29, 1.82) is 0 Å². The minimum atomic E-state index is -1.83. The molecule has 2 nitrogen and oxygen atoms in total. The molecule has 0 amide bonds. The maximum absolute atomic E-state index is 5.85. The Morgan fingerprint density at radius 3 is 1.78 bits per heavy atom. The molecule has 0 saturated carbocycles. The molecule has 0 aromatic rings. The fourth-order valence-electron chi connectivity index (χ4n) is 2.64. The summed E-state index contributed by atoms with van der Waals surface area (Å²) in [5, 5.41) is 0. The normalized spacial score (nSPS) is 18.8. The fourth-order valence-corrected chi connectivity index (χ4v) is 5.64. The molecule has 18 heavy (non-hydrogen) atoms. The summed E-state index contributed by atoms with van der Waals surface area (Å²) in [4.78, 5) is 0. The third kappa shape index (κ3) is 3.16. The molecule has 0 unspecified atom stereocenters. The quantitative estimate of drug-likeness (QED) is 0.664. The van der Waals surface area contributed by atoms with Crippen LogP contribution in [0, 0.1) is 5.41 Å². The third-order valence-corrected chi connectivity index (χ3v) is 7.11. The van der Waals surface area contributed by atoms with Gasteiger partial charge in [0.25, 0.3) is 0 Å². The molecule has 0 spiro atoms. The molecular weight excluding hydrogens is 260 g/mol. The van der Waals surface area contributed by atoms with Gasteiger partial charge >= 0.3 is 119 Å². The van der Waals surface area contributed by atoms with E-state index in [0.29, 0.717) is 0 Å². The average Bonchev–Trinajstić information content (AvgIpc) is 2.45. The molecule has 0 fully saturated rings. The van der Waals surface area contributed by atoms with Gasteiger partial charge in [-0.05, 0) is 0 Å². The second kappa shape index (κ2) is 6.52. The second-order valence-corrected chi connectivity index (χ2v) is 8.01. The summed E-state index contributed by atoms with van der Waals surface area (Å²) in [6.07, 6.45) is 0. The van der Waals surface area contributed by atoms with Crippen LogP contribution in [-0.4, -0.2) is 13.2 Å². The molecule has 0 atom stereocenters. The van der Waals surface area contributed by atoms with Crippen molar-refractivity contribution in [2.24, 2.45) is 5.41 Å². The summed E-state index contributed by atoms with van der Waals surface area (Å²) in [5.41, 5.74) is 6.14. The standard InChI is InChI=1S/C11H17.2C2H5O.Ti/c1-7-8(2)10(4)11(5,6)9(7)3;2*1-2-3;/h3H2,1-2,4-6H3;2*2H2,1H3;/q;2*-1;+2. The molecule has 103 valence electrons. The van der Waals surface area contributed by atoms with E-state index in [1.54, 1.807) is 0 Å². The molecule has 0 heterocycles. The molecule has 0 radical (unpaired) electrons. The average molecular weight is 287 g/mol. The van der Waals surface area contributed by atoms with Gasteiger partial charge in [0.15, 0.2) is 0 Å². The minimum absolute atomic E-state index is 0.181. The number of hydrogen-bond donors (Lipinski definition) is 0. The first-order chi connectivity index (χ1) is 8.36. The number of rotatable bonds is 6. The molecule has 0 aromatic carbocycles. The predicted molar refractivity (Wildman–Crippen MR) is 72.9 cm³/mol. The van der Waals surface area contributed by atoms with Crippen molar-refractivity contribution in [3.8, 4) is 0 Å². The molecule has 0 aliphatic heterocycles. The first kappa shape index (κ1) is 16.2. The first-order valence-electron chi connectivity index (χ1n) is 6.86. The van der Waals surface area contributed by atoms with Crippen molar-refractivity contribution in [1.82, 2.24) is 0 Å². The molecule has 3 heteroatoms. The summed E-state index contributed by atoms with van der Waals surface area (Å²) in [7, 11) is 0. The Morgan fingerprint density at radius 1 is 0.944 bits per heavy atom. The van der Waals surface area contributed by atoms with Crippen molar-refractivity contribution in [3.05, 3.63) is 22.3 Å². The van der Waals surface area contributed by atoms with Crippen LogP contribution in [0.5, 0.6) is 0 Å². The van der Waals surface area contributed by atoms with E-state index in [1.807, 2.05) is 0 Å². The Kier molecular flexibility index (Phi) is 5.85. The fraction of sp³-hybridized carbons (Fsp3) is 0.733. The zero-order valence-electron chi connectivity index (χ0n) is 12.9. The molecule has 0 N–H and O–H groups in total. The van der Waals surface area contributed by atoms with E-state index in [0.717, 1.165) is 17.9 Å². The van der Waals surface area contributed by atoms with Crippen molar-refractivity contribution >= 4 is 0 Å². The van der Waals surface area contributed by atoms with Gasteiger partial charge in [-0.15, -0.1) is 0 Å². The summed E-state index contributed by atoms with van der Waals surface area (Å²) >= 11 is -1.83. The molecule has 0 bridgehead atoms. The van der Waals surface area contributed by atoms with Crippen LogP contribution in [0.2, 0.25) is 4.73 Å². The van der Waals surface area contributed by atoms with Crippen molar-refractivity contribution < 1.29 is 25.3 Å². The number of allylic oxidation sites excluding steroid dienone is 4. The van der Waals surface area contributed by atoms with E-state index in [-0.39, 0.29) is 5.41 Å². The Balaban J connectivity index is 2.90. The summed E-state index contributed by atoms with van der Waals surface area (Å²) in [6.45, 7) is 17.0. The Labute approximate surface area is 119 Å². The van der Waals surface area contributed by atoms with E-state index in [1.165, 1.54) is 22.3 Å². The van der Waals surface area contributed by atoms with Gasteiger partial charge in [0, 0.05) is 0 Å². The Bertz CT molecular complexity index is 361. The molecule has 0 aromatic heterocycles. The molecule has 1 aliphatic carbocycles. The van der Waals surface area contributed by atoms with Gasteiger partial charge in [-0.1, -0.05) is 0 Å². The van der Waals surface area contributed by atoms with Crippen molar-refractivity contribution in [2.75, 3.05) is 13.2 Å². The van der Waals surface area contributed by atoms with Gasteiger partial charge in [-0.2, -0.15) is 0 Å². The third-order valence-electron chi connectivity index (χ3n) is 4.20. The molecular formula is C15H27O2Ti. The molecule has 1 rings (SSSR count).